The summed E-state index contributed by atoms with van der Waals surface area (Å²) in [6, 6.07) is 35.0. The number of hydrogen-bond donors (Lipinski definition) is 4. The van der Waals surface area contributed by atoms with Gasteiger partial charge in [-0.1, -0.05) is 48.5 Å². The van der Waals surface area contributed by atoms with Gasteiger partial charge < -0.3 is 36.1 Å². The number of hydrogen-bond acceptors (Lipinski definition) is 8. The van der Waals surface area contributed by atoms with E-state index >= 15 is 0 Å². The van der Waals surface area contributed by atoms with Gasteiger partial charge in [-0.15, -0.1) is 0 Å². The molecule has 7 N–H and O–H groups in total. The maximum absolute atomic E-state index is 13.2. The largest absolute Gasteiger partial charge is 0.462 e. The van der Waals surface area contributed by atoms with Crippen molar-refractivity contribution in [2.24, 2.45) is 5.73 Å². The zero-order chi connectivity index (χ0) is 36.7. The standard InChI is InChI=1S/C22H22FNO3.C20H19FN2O2.H3N/c1-2-26-22(25)18-8-6-17(7-9-18)21-11-10-20(27-21)15-24-13-12-16-4-3-5-19(23)14-16;21-17-3-1-2-14(12-17)10-11-23-13-18-8-9-19(25-18)15-4-6-16(7-5-15)20(22)24;/h3-11,14,24H,2,12-13,15H2,1H3;1-9,12,23H,10-11,13H2,(H2,22,24);1H3. The summed E-state index contributed by atoms with van der Waals surface area (Å²) in [5, 5.41) is 6.58. The molecule has 6 aromatic rings. The fraction of sp³-hybridized carbons (Fsp3) is 0.190. The Labute approximate surface area is 307 Å². The Kier molecular flexibility index (Phi) is 15.2. The monoisotopic (exact) mass is 722 g/mol. The smallest absolute Gasteiger partial charge is 0.338 e. The van der Waals surface area contributed by atoms with Crippen LogP contribution in [0.2, 0.25) is 0 Å². The van der Waals surface area contributed by atoms with Gasteiger partial charge in [0, 0.05) is 16.7 Å². The fourth-order valence-electron chi connectivity index (χ4n) is 5.31. The van der Waals surface area contributed by atoms with Gasteiger partial charge in [-0.05, 0) is 117 Å². The molecular weight excluding hydrogens is 678 g/mol. The molecule has 0 saturated carbocycles. The van der Waals surface area contributed by atoms with Gasteiger partial charge in [0.2, 0.25) is 5.91 Å². The van der Waals surface area contributed by atoms with Crippen molar-refractivity contribution in [1.29, 1.82) is 0 Å². The van der Waals surface area contributed by atoms with Crippen molar-refractivity contribution in [1.82, 2.24) is 16.8 Å². The van der Waals surface area contributed by atoms with E-state index in [0.717, 1.165) is 71.2 Å². The van der Waals surface area contributed by atoms with Crippen LogP contribution in [-0.2, 0) is 30.7 Å². The third kappa shape index (κ3) is 12.4. The van der Waals surface area contributed by atoms with Crippen molar-refractivity contribution in [2.45, 2.75) is 32.9 Å². The van der Waals surface area contributed by atoms with Crippen molar-refractivity contribution in [3.63, 3.8) is 0 Å². The summed E-state index contributed by atoms with van der Waals surface area (Å²) in [7, 11) is 0. The molecule has 0 unspecified atom stereocenters. The highest BCUT2D eigenvalue weighted by Crippen LogP contribution is 2.24. The summed E-state index contributed by atoms with van der Waals surface area (Å²) in [6.07, 6.45) is 1.50. The second-order valence-electron chi connectivity index (χ2n) is 11.9. The molecule has 276 valence electrons. The van der Waals surface area contributed by atoms with Gasteiger partial charge in [0.05, 0.1) is 25.3 Å². The van der Waals surface area contributed by atoms with Crippen LogP contribution >= 0.6 is 0 Å². The molecule has 6 rings (SSSR count). The van der Waals surface area contributed by atoms with E-state index in [9.17, 15) is 18.4 Å². The van der Waals surface area contributed by atoms with E-state index in [1.807, 2.05) is 48.5 Å². The molecule has 0 atom stereocenters. The van der Waals surface area contributed by atoms with Crippen molar-refractivity contribution >= 4 is 11.9 Å². The van der Waals surface area contributed by atoms with Crippen molar-refractivity contribution in [3.05, 3.63) is 167 Å². The zero-order valence-corrected chi connectivity index (χ0v) is 29.6. The highest BCUT2D eigenvalue weighted by atomic mass is 19.1. The number of nitrogens with one attached hydrogen (secondary N) is 2. The van der Waals surface area contributed by atoms with Gasteiger partial charge in [-0.25, -0.2) is 13.6 Å². The highest BCUT2D eigenvalue weighted by Gasteiger charge is 2.10. The number of benzene rings is 4. The van der Waals surface area contributed by atoms with Crippen molar-refractivity contribution in [2.75, 3.05) is 19.7 Å². The second kappa shape index (κ2) is 20.2. The number of carbonyl (C=O) groups excluding carboxylic acids is 2. The number of rotatable bonds is 15. The number of amides is 1. The first-order chi connectivity index (χ1) is 25.3. The molecule has 53 heavy (non-hydrogen) atoms. The minimum absolute atomic E-state index is 0. The van der Waals surface area contributed by atoms with Gasteiger partial charge in [-0.2, -0.15) is 0 Å². The Bertz CT molecular complexity index is 2040. The van der Waals surface area contributed by atoms with Crippen LogP contribution in [0, 0.1) is 11.6 Å². The lowest BCUT2D eigenvalue weighted by atomic mass is 10.1. The Balaban J connectivity index is 0.000000233. The van der Waals surface area contributed by atoms with Crippen LogP contribution in [0.1, 0.15) is 50.3 Å². The third-order valence-corrected chi connectivity index (χ3v) is 8.02. The maximum Gasteiger partial charge on any atom is 0.338 e. The molecule has 11 heteroatoms. The molecule has 4 aromatic carbocycles. The van der Waals surface area contributed by atoms with E-state index in [0.29, 0.717) is 30.8 Å². The fourth-order valence-corrected chi connectivity index (χ4v) is 5.31. The lowest BCUT2D eigenvalue weighted by Crippen LogP contribution is -2.16. The number of halogens is 2. The molecule has 0 bridgehead atoms. The molecule has 1 amide bonds. The molecule has 9 nitrogen and oxygen atoms in total. The predicted octanol–water partition coefficient (Wildman–Crippen LogP) is 8.27. The van der Waals surface area contributed by atoms with Crippen LogP contribution in [-0.4, -0.2) is 31.6 Å². The first kappa shape index (κ1) is 39.9. The first-order valence-corrected chi connectivity index (χ1v) is 17.0. The lowest BCUT2D eigenvalue weighted by Gasteiger charge is -2.04. The van der Waals surface area contributed by atoms with E-state index < -0.39 is 5.91 Å². The summed E-state index contributed by atoms with van der Waals surface area (Å²) in [6.45, 7) is 4.78. The van der Waals surface area contributed by atoms with Crippen LogP contribution in [0.5, 0.6) is 0 Å². The predicted molar refractivity (Wildman–Crippen MR) is 201 cm³/mol. The van der Waals surface area contributed by atoms with Crippen LogP contribution in [0.15, 0.2) is 130 Å². The number of nitrogens with two attached hydrogens (primary N) is 1. The van der Waals surface area contributed by atoms with E-state index in [-0.39, 0.29) is 23.8 Å². The van der Waals surface area contributed by atoms with E-state index in [1.165, 1.54) is 12.1 Å². The number of carbonyl (C=O) groups is 2. The van der Waals surface area contributed by atoms with Crippen LogP contribution in [0.4, 0.5) is 8.78 Å². The molecule has 0 fully saturated rings. The molecule has 0 aliphatic rings. The first-order valence-electron chi connectivity index (χ1n) is 17.0. The Morgan fingerprint density at radius 3 is 1.51 bits per heavy atom. The summed E-state index contributed by atoms with van der Waals surface area (Å²) >= 11 is 0. The lowest BCUT2D eigenvalue weighted by molar-refractivity contribution is 0.0526. The quantitative estimate of drug-likeness (QED) is 0.0610. The molecule has 0 saturated heterocycles. The van der Waals surface area contributed by atoms with E-state index in [1.54, 1.807) is 67.6 Å². The SMILES string of the molecule is CCOC(=O)c1ccc(-c2ccc(CNCCc3cccc(F)c3)o2)cc1.N.NC(=O)c1ccc(-c2ccc(CNCCc3cccc(F)c3)o2)cc1. The van der Waals surface area contributed by atoms with E-state index in [2.05, 4.69) is 10.6 Å². The molecule has 0 radical (unpaired) electrons. The summed E-state index contributed by atoms with van der Waals surface area (Å²) in [5.74, 6) is 1.91. The van der Waals surface area contributed by atoms with Gasteiger partial charge in [0.25, 0.3) is 0 Å². The van der Waals surface area contributed by atoms with Gasteiger partial charge in [0.1, 0.15) is 34.7 Å². The number of primary amides is 1. The average molecular weight is 723 g/mol. The topological polar surface area (TPSA) is 155 Å². The summed E-state index contributed by atoms with van der Waals surface area (Å²) in [4.78, 5) is 22.8. The maximum atomic E-state index is 13.2. The molecular formula is C42H44F2N4O5. The van der Waals surface area contributed by atoms with Gasteiger partial charge >= 0.3 is 5.97 Å². The zero-order valence-electron chi connectivity index (χ0n) is 29.6. The second-order valence-corrected chi connectivity index (χ2v) is 11.9. The summed E-state index contributed by atoms with van der Waals surface area (Å²) < 4.78 is 42.9. The molecule has 0 aliphatic heterocycles. The van der Waals surface area contributed by atoms with Crippen molar-refractivity contribution in [3.8, 4) is 22.6 Å². The van der Waals surface area contributed by atoms with E-state index in [4.69, 9.17) is 19.3 Å². The average Bonchev–Trinajstić information content (AvgIpc) is 3.83. The number of furan rings is 2. The normalized spacial score (nSPS) is 10.5. The number of esters is 1. The Morgan fingerprint density at radius 2 is 1.09 bits per heavy atom. The number of ether oxygens (including phenoxy) is 1. The minimum Gasteiger partial charge on any atom is -0.462 e. The highest BCUT2D eigenvalue weighted by molar-refractivity contribution is 5.93. The van der Waals surface area contributed by atoms with Crippen LogP contribution in [0.25, 0.3) is 22.6 Å². The third-order valence-electron chi connectivity index (χ3n) is 8.02. The van der Waals surface area contributed by atoms with Gasteiger partial charge in [0.15, 0.2) is 0 Å². The molecule has 2 heterocycles. The Hall–Kier alpha value is -5.88. The van der Waals surface area contributed by atoms with Crippen LogP contribution in [0.3, 0.4) is 0 Å². The van der Waals surface area contributed by atoms with Crippen LogP contribution < -0.4 is 22.5 Å². The molecule has 0 aliphatic carbocycles. The minimum atomic E-state index is -0.450. The van der Waals surface area contributed by atoms with Gasteiger partial charge in [-0.3, -0.25) is 4.79 Å². The molecule has 2 aromatic heterocycles. The molecule has 0 spiro atoms. The Morgan fingerprint density at radius 1 is 0.642 bits per heavy atom. The van der Waals surface area contributed by atoms with Crippen molar-refractivity contribution < 1.29 is 31.9 Å². The summed E-state index contributed by atoms with van der Waals surface area (Å²) in [5.41, 5.74) is 9.93.